The minimum Gasteiger partial charge on any atom is -0.347 e. The van der Waals surface area contributed by atoms with E-state index in [9.17, 15) is 14.4 Å². The van der Waals surface area contributed by atoms with Crippen LogP contribution in [0.1, 0.15) is 47.8 Å². The highest BCUT2D eigenvalue weighted by molar-refractivity contribution is 7.21. The molecule has 0 aliphatic carbocycles. The van der Waals surface area contributed by atoms with Crippen molar-refractivity contribution < 1.29 is 14.4 Å². The number of carbonyl (C=O) groups is 3. The predicted molar refractivity (Wildman–Crippen MR) is 139 cm³/mol. The van der Waals surface area contributed by atoms with Crippen molar-refractivity contribution in [3.63, 3.8) is 0 Å². The quantitative estimate of drug-likeness (QED) is 0.493. The van der Waals surface area contributed by atoms with Crippen molar-refractivity contribution in [2.24, 2.45) is 0 Å². The molecule has 2 aromatic heterocycles. The number of hydrogen-bond acceptors (Lipinski definition) is 5. The third-order valence-corrected chi connectivity index (χ3v) is 7.59. The van der Waals surface area contributed by atoms with Crippen molar-refractivity contribution in [1.29, 1.82) is 0 Å². The maximum absolute atomic E-state index is 13.3. The maximum atomic E-state index is 13.3. The molecule has 1 atom stereocenters. The minimum atomic E-state index is -0.321. The molecule has 0 bridgehead atoms. The van der Waals surface area contributed by atoms with Crippen LogP contribution in [0.2, 0.25) is 0 Å². The molecule has 0 unspecified atom stereocenters. The molecule has 0 radical (unpaired) electrons. The first-order chi connectivity index (χ1) is 16.9. The fraction of sp³-hybridized carbons (Fsp3) is 0.308. The number of likely N-dealkylation sites (tertiary alicyclic amines) is 1. The second-order valence-corrected chi connectivity index (χ2v) is 10.1. The Morgan fingerprint density at radius 1 is 1.31 bits per heavy atom. The van der Waals surface area contributed by atoms with E-state index >= 15 is 0 Å². The summed E-state index contributed by atoms with van der Waals surface area (Å²) >= 11 is 1.26. The zero-order valence-electron chi connectivity index (χ0n) is 19.7. The summed E-state index contributed by atoms with van der Waals surface area (Å²) in [5.41, 5.74) is 3.08. The molecule has 1 aromatic carbocycles. The smallest absolute Gasteiger partial charge is 0.331 e. The Bertz CT molecular complexity index is 1350. The summed E-state index contributed by atoms with van der Waals surface area (Å²) in [5.74, 6) is -0.0872. The topological polar surface area (TPSA) is 94.6 Å². The summed E-state index contributed by atoms with van der Waals surface area (Å²) in [5, 5.41) is 6.75. The fourth-order valence-electron chi connectivity index (χ4n) is 4.70. The first-order valence-corrected chi connectivity index (χ1v) is 12.5. The number of urea groups is 1. The molecule has 0 saturated carbocycles. The normalized spacial score (nSPS) is 17.5. The van der Waals surface area contributed by atoms with Gasteiger partial charge in [-0.3, -0.25) is 14.5 Å². The highest BCUT2D eigenvalue weighted by Crippen LogP contribution is 2.45. The first-order valence-electron chi connectivity index (χ1n) is 11.7. The molecule has 4 amide bonds. The molecule has 8 nitrogen and oxygen atoms in total. The molecule has 5 rings (SSSR count). The second kappa shape index (κ2) is 9.14. The van der Waals surface area contributed by atoms with Gasteiger partial charge in [-0.05, 0) is 48.6 Å². The van der Waals surface area contributed by atoms with Crippen LogP contribution in [0.5, 0.6) is 0 Å². The first kappa shape index (κ1) is 23.0. The van der Waals surface area contributed by atoms with E-state index in [1.165, 1.54) is 17.4 Å². The Labute approximate surface area is 207 Å². The number of aromatic nitrogens is 1. The Morgan fingerprint density at radius 2 is 2.14 bits per heavy atom. The van der Waals surface area contributed by atoms with E-state index in [4.69, 9.17) is 0 Å². The highest BCUT2D eigenvalue weighted by atomic mass is 32.1. The number of anilines is 3. The van der Waals surface area contributed by atoms with Gasteiger partial charge in [0.15, 0.2) is 0 Å². The second-order valence-electron chi connectivity index (χ2n) is 9.13. The van der Waals surface area contributed by atoms with Gasteiger partial charge in [0, 0.05) is 25.3 Å². The molecule has 2 N–H and O–H groups in total. The number of rotatable bonds is 5. The van der Waals surface area contributed by atoms with Gasteiger partial charge in [-0.25, -0.2) is 9.78 Å². The van der Waals surface area contributed by atoms with Crippen LogP contribution in [0.25, 0.3) is 10.2 Å². The highest BCUT2D eigenvalue weighted by Gasteiger charge is 2.33. The van der Waals surface area contributed by atoms with Gasteiger partial charge in [0.05, 0.1) is 22.4 Å². The van der Waals surface area contributed by atoms with Gasteiger partial charge in [0.1, 0.15) is 9.71 Å². The summed E-state index contributed by atoms with van der Waals surface area (Å²) in [6.07, 6.45) is 4.54. The van der Waals surface area contributed by atoms with Crippen LogP contribution in [0.3, 0.4) is 0 Å². The number of benzene rings is 1. The van der Waals surface area contributed by atoms with Gasteiger partial charge in [-0.15, -0.1) is 11.3 Å². The lowest BCUT2D eigenvalue weighted by molar-refractivity contribution is -0.127. The largest absolute Gasteiger partial charge is 0.347 e. The van der Waals surface area contributed by atoms with Gasteiger partial charge in [-0.2, -0.15) is 0 Å². The van der Waals surface area contributed by atoms with E-state index in [0.29, 0.717) is 40.1 Å². The number of pyridine rings is 1. The SMILES string of the molecule is C=CC(=O)N1CCC[C@@H](NC(=O)c2sc3nccc4c3c2NC(=O)N4c2cccc(C(C)C)c2)C1. The lowest BCUT2D eigenvalue weighted by Gasteiger charge is -2.32. The fourth-order valence-corrected chi connectivity index (χ4v) is 5.72. The van der Waals surface area contributed by atoms with Crippen LogP contribution < -0.4 is 15.5 Å². The van der Waals surface area contributed by atoms with Crippen molar-refractivity contribution >= 4 is 56.5 Å². The lowest BCUT2D eigenvalue weighted by atomic mass is 10.0. The molecule has 0 spiro atoms. The number of piperidine rings is 1. The number of carbonyl (C=O) groups excluding carboxylic acids is 3. The number of amides is 4. The van der Waals surface area contributed by atoms with Crippen LogP contribution in [0.4, 0.5) is 21.9 Å². The molecule has 1 fully saturated rings. The molecule has 1 saturated heterocycles. The summed E-state index contributed by atoms with van der Waals surface area (Å²) < 4.78 is 0. The average Bonchev–Trinajstić information content (AvgIpc) is 3.23. The van der Waals surface area contributed by atoms with Gasteiger partial charge in [0.2, 0.25) is 5.91 Å². The Hall–Kier alpha value is -3.72. The Morgan fingerprint density at radius 3 is 2.91 bits per heavy atom. The summed E-state index contributed by atoms with van der Waals surface area (Å²) in [6, 6.07) is 9.23. The zero-order valence-corrected chi connectivity index (χ0v) is 20.5. The van der Waals surface area contributed by atoms with E-state index in [1.807, 2.05) is 24.3 Å². The van der Waals surface area contributed by atoms with E-state index in [-0.39, 0.29) is 23.9 Å². The van der Waals surface area contributed by atoms with Crippen LogP contribution in [0, 0.1) is 0 Å². The predicted octanol–water partition coefficient (Wildman–Crippen LogP) is 5.01. The Kier molecular flexibility index (Phi) is 6.02. The number of nitrogens with one attached hydrogen (secondary N) is 2. The van der Waals surface area contributed by atoms with Gasteiger partial charge < -0.3 is 15.5 Å². The molecule has 4 heterocycles. The number of hydrogen-bond donors (Lipinski definition) is 2. The molecular formula is C26H27N5O3S. The average molecular weight is 490 g/mol. The third-order valence-electron chi connectivity index (χ3n) is 6.49. The molecule has 3 aromatic rings. The molecule has 2 aliphatic heterocycles. The van der Waals surface area contributed by atoms with Crippen molar-refractivity contribution in [2.45, 2.75) is 38.6 Å². The van der Waals surface area contributed by atoms with Crippen molar-refractivity contribution in [3.05, 3.63) is 59.6 Å². The summed E-state index contributed by atoms with van der Waals surface area (Å²) in [4.78, 5) is 47.5. The zero-order chi connectivity index (χ0) is 24.7. The summed E-state index contributed by atoms with van der Waals surface area (Å²) in [6.45, 7) is 8.87. The Balaban J connectivity index is 1.48. The summed E-state index contributed by atoms with van der Waals surface area (Å²) in [7, 11) is 0. The third kappa shape index (κ3) is 4.16. The van der Waals surface area contributed by atoms with E-state index in [1.54, 1.807) is 22.1 Å². The standard InChI is InChI=1S/C26H27N5O3S/c1-4-20(32)30-12-6-8-17(14-30)28-24(33)23-22-21-19(10-11-27-25(21)35-23)31(26(34)29-22)18-9-5-7-16(13-18)15(2)3/h4-5,7,9-11,13,15,17H,1,6,8,12,14H2,2-3H3,(H,28,33)(H,29,34)/t17-/m1/s1. The molecule has 9 heteroatoms. The molecule has 35 heavy (non-hydrogen) atoms. The van der Waals surface area contributed by atoms with Crippen molar-refractivity contribution in [1.82, 2.24) is 15.2 Å². The number of thiophene rings is 1. The van der Waals surface area contributed by atoms with E-state index in [0.717, 1.165) is 29.5 Å². The molecular weight excluding hydrogens is 462 g/mol. The lowest BCUT2D eigenvalue weighted by Crippen LogP contribution is -2.49. The minimum absolute atomic E-state index is 0.136. The molecule has 2 aliphatic rings. The van der Waals surface area contributed by atoms with Crippen LogP contribution in [-0.4, -0.2) is 46.9 Å². The van der Waals surface area contributed by atoms with E-state index in [2.05, 4.69) is 36.0 Å². The van der Waals surface area contributed by atoms with Gasteiger partial charge in [0.25, 0.3) is 5.91 Å². The maximum Gasteiger partial charge on any atom is 0.331 e. The monoisotopic (exact) mass is 489 g/mol. The number of nitrogens with zero attached hydrogens (tertiary/aromatic N) is 3. The van der Waals surface area contributed by atoms with Crippen molar-refractivity contribution in [2.75, 3.05) is 23.3 Å². The van der Waals surface area contributed by atoms with Gasteiger partial charge in [-0.1, -0.05) is 32.6 Å². The van der Waals surface area contributed by atoms with Crippen LogP contribution >= 0.6 is 11.3 Å². The van der Waals surface area contributed by atoms with Gasteiger partial charge >= 0.3 is 6.03 Å². The van der Waals surface area contributed by atoms with Crippen molar-refractivity contribution in [3.8, 4) is 0 Å². The van der Waals surface area contributed by atoms with E-state index < -0.39 is 0 Å². The molecule has 180 valence electrons. The van der Waals surface area contributed by atoms with Crippen LogP contribution in [-0.2, 0) is 4.79 Å². The van der Waals surface area contributed by atoms with Crippen LogP contribution in [0.15, 0.2) is 49.2 Å².